The van der Waals surface area contributed by atoms with Crippen LogP contribution in [0.1, 0.15) is 31.6 Å². The van der Waals surface area contributed by atoms with E-state index < -0.39 is 0 Å². The lowest BCUT2D eigenvalue weighted by Crippen LogP contribution is -2.27. The molecule has 0 radical (unpaired) electrons. The van der Waals surface area contributed by atoms with Crippen LogP contribution in [0.25, 0.3) is 0 Å². The van der Waals surface area contributed by atoms with E-state index >= 15 is 0 Å². The summed E-state index contributed by atoms with van der Waals surface area (Å²) in [4.78, 5) is 5.54. The molecule has 1 aromatic rings. The Hall–Kier alpha value is -0.410. The lowest BCUT2D eigenvalue weighted by atomic mass is 9.92. The van der Waals surface area contributed by atoms with Crippen molar-refractivity contribution in [1.29, 1.82) is 0 Å². The molecule has 15 heavy (non-hydrogen) atoms. The van der Waals surface area contributed by atoms with Crippen LogP contribution < -0.4 is 5.32 Å². The third-order valence-electron chi connectivity index (χ3n) is 3.28. The Morgan fingerprint density at radius 3 is 2.87 bits per heavy atom. The van der Waals surface area contributed by atoms with Gasteiger partial charge in [0.2, 0.25) is 0 Å². The van der Waals surface area contributed by atoms with Crippen molar-refractivity contribution < 1.29 is 0 Å². The second-order valence-electron chi connectivity index (χ2n) is 4.81. The zero-order valence-electron chi connectivity index (χ0n) is 9.57. The lowest BCUT2D eigenvalue weighted by molar-refractivity contribution is 0.365. The van der Waals surface area contributed by atoms with E-state index in [4.69, 9.17) is 0 Å². The number of hydrogen-bond acceptors (Lipinski definition) is 3. The van der Waals surface area contributed by atoms with Crippen molar-refractivity contribution in [3.63, 3.8) is 0 Å². The normalized spacial score (nSPS) is 20.1. The third-order valence-corrected chi connectivity index (χ3v) is 4.09. The van der Waals surface area contributed by atoms with Crippen molar-refractivity contribution in [2.45, 2.75) is 39.2 Å². The van der Waals surface area contributed by atoms with Crippen LogP contribution in [0.5, 0.6) is 0 Å². The quantitative estimate of drug-likeness (QED) is 0.803. The van der Waals surface area contributed by atoms with E-state index in [-0.39, 0.29) is 0 Å². The fraction of sp³-hybridized carbons (Fsp3) is 0.750. The van der Waals surface area contributed by atoms with Gasteiger partial charge >= 0.3 is 0 Å². The van der Waals surface area contributed by atoms with Gasteiger partial charge in [-0.15, -0.1) is 11.3 Å². The Balaban J connectivity index is 1.71. The molecule has 2 nitrogen and oxygen atoms in total. The lowest BCUT2D eigenvalue weighted by Gasteiger charge is -2.19. The first-order chi connectivity index (χ1) is 7.25. The molecule has 1 aliphatic rings. The van der Waals surface area contributed by atoms with Crippen LogP contribution in [-0.2, 0) is 6.42 Å². The van der Waals surface area contributed by atoms with E-state index in [2.05, 4.69) is 24.1 Å². The average Bonchev–Trinajstić information content (AvgIpc) is 2.92. The minimum absolute atomic E-state index is 0.747. The monoisotopic (exact) mass is 224 g/mol. The zero-order valence-corrected chi connectivity index (χ0v) is 10.4. The maximum absolute atomic E-state index is 4.12. The van der Waals surface area contributed by atoms with E-state index in [1.54, 1.807) is 11.3 Å². The Kier molecular flexibility index (Phi) is 3.76. The minimum atomic E-state index is 0.747. The molecular formula is C12H20N2S. The Bertz CT molecular complexity index is 280. The molecule has 0 saturated heterocycles. The van der Waals surface area contributed by atoms with Gasteiger partial charge in [0, 0.05) is 17.1 Å². The molecule has 0 spiro atoms. The SMILES string of the molecule is CC(CNC1CC1)C(C)Cc1cncs1. The van der Waals surface area contributed by atoms with Gasteiger partial charge in [0.15, 0.2) is 0 Å². The van der Waals surface area contributed by atoms with Gasteiger partial charge in [-0.1, -0.05) is 13.8 Å². The summed E-state index contributed by atoms with van der Waals surface area (Å²) < 4.78 is 0. The van der Waals surface area contributed by atoms with Gasteiger partial charge in [-0.05, 0) is 37.6 Å². The van der Waals surface area contributed by atoms with Crippen LogP contribution in [0.2, 0.25) is 0 Å². The maximum Gasteiger partial charge on any atom is 0.0794 e. The van der Waals surface area contributed by atoms with E-state index in [0.29, 0.717) is 0 Å². The van der Waals surface area contributed by atoms with Crippen molar-refractivity contribution in [2.24, 2.45) is 11.8 Å². The van der Waals surface area contributed by atoms with Crippen LogP contribution >= 0.6 is 11.3 Å². The first-order valence-electron chi connectivity index (χ1n) is 5.86. The van der Waals surface area contributed by atoms with Crippen LogP contribution in [0.4, 0.5) is 0 Å². The van der Waals surface area contributed by atoms with E-state index in [1.807, 2.05) is 11.7 Å². The highest BCUT2D eigenvalue weighted by Crippen LogP contribution is 2.22. The van der Waals surface area contributed by atoms with E-state index in [1.165, 1.54) is 30.7 Å². The van der Waals surface area contributed by atoms with Gasteiger partial charge < -0.3 is 5.32 Å². The van der Waals surface area contributed by atoms with Crippen LogP contribution in [0.3, 0.4) is 0 Å². The molecule has 2 unspecified atom stereocenters. The standard InChI is InChI=1S/C12H20N2S/c1-9(5-12-7-13-8-15-12)10(2)6-14-11-3-4-11/h7-11,14H,3-6H2,1-2H3. The summed E-state index contributed by atoms with van der Waals surface area (Å²) in [5, 5.41) is 3.60. The summed E-state index contributed by atoms with van der Waals surface area (Å²) in [6.45, 7) is 5.87. The Morgan fingerprint density at radius 2 is 2.27 bits per heavy atom. The largest absolute Gasteiger partial charge is 0.314 e. The van der Waals surface area contributed by atoms with Crippen molar-refractivity contribution in [2.75, 3.05) is 6.54 Å². The van der Waals surface area contributed by atoms with Crippen LogP contribution in [0, 0.1) is 11.8 Å². The fourth-order valence-electron chi connectivity index (χ4n) is 1.70. The molecule has 1 fully saturated rings. The molecule has 1 N–H and O–H groups in total. The van der Waals surface area contributed by atoms with Gasteiger partial charge in [0.1, 0.15) is 0 Å². The summed E-state index contributed by atoms with van der Waals surface area (Å²) in [5.74, 6) is 1.50. The highest BCUT2D eigenvalue weighted by molar-refractivity contribution is 7.09. The predicted molar refractivity (Wildman–Crippen MR) is 65.2 cm³/mol. The minimum Gasteiger partial charge on any atom is -0.314 e. The molecule has 0 bridgehead atoms. The zero-order chi connectivity index (χ0) is 10.7. The molecule has 0 aromatic carbocycles. The predicted octanol–water partition coefficient (Wildman–Crippen LogP) is 2.71. The molecule has 2 rings (SSSR count). The first kappa shape index (κ1) is 11.1. The van der Waals surface area contributed by atoms with E-state index in [0.717, 1.165) is 17.9 Å². The average molecular weight is 224 g/mol. The second-order valence-corrected chi connectivity index (χ2v) is 5.78. The smallest absolute Gasteiger partial charge is 0.0794 e. The van der Waals surface area contributed by atoms with Crippen LogP contribution in [0.15, 0.2) is 11.7 Å². The highest BCUT2D eigenvalue weighted by atomic mass is 32.1. The number of aromatic nitrogens is 1. The second kappa shape index (κ2) is 5.08. The summed E-state index contributed by atoms with van der Waals surface area (Å²) in [6.07, 6.45) is 5.95. The molecule has 0 aliphatic heterocycles. The topological polar surface area (TPSA) is 24.9 Å². The van der Waals surface area contributed by atoms with Crippen molar-refractivity contribution in [1.82, 2.24) is 10.3 Å². The number of hydrogen-bond donors (Lipinski definition) is 1. The van der Waals surface area contributed by atoms with Gasteiger partial charge in [0.05, 0.1) is 5.51 Å². The molecule has 1 aromatic heterocycles. The molecule has 1 saturated carbocycles. The summed E-state index contributed by atoms with van der Waals surface area (Å²) in [6, 6.07) is 0.836. The molecule has 3 heteroatoms. The maximum atomic E-state index is 4.12. The number of nitrogens with one attached hydrogen (secondary N) is 1. The Labute approximate surface area is 96.1 Å². The third kappa shape index (κ3) is 3.58. The summed E-state index contributed by atoms with van der Waals surface area (Å²) in [5.41, 5.74) is 1.93. The Morgan fingerprint density at radius 1 is 1.47 bits per heavy atom. The summed E-state index contributed by atoms with van der Waals surface area (Å²) in [7, 11) is 0. The molecule has 2 atom stereocenters. The number of rotatable bonds is 6. The molecule has 84 valence electrons. The highest BCUT2D eigenvalue weighted by Gasteiger charge is 2.22. The molecule has 1 aliphatic carbocycles. The summed E-state index contributed by atoms with van der Waals surface area (Å²) >= 11 is 1.77. The fourth-order valence-corrected chi connectivity index (χ4v) is 2.44. The van der Waals surface area contributed by atoms with Crippen LogP contribution in [-0.4, -0.2) is 17.6 Å². The van der Waals surface area contributed by atoms with Gasteiger partial charge in [0.25, 0.3) is 0 Å². The van der Waals surface area contributed by atoms with Crippen molar-refractivity contribution in [3.8, 4) is 0 Å². The van der Waals surface area contributed by atoms with Gasteiger partial charge in [-0.3, -0.25) is 4.98 Å². The first-order valence-corrected chi connectivity index (χ1v) is 6.74. The number of nitrogens with zero attached hydrogens (tertiary/aromatic N) is 1. The number of thiazole rings is 1. The van der Waals surface area contributed by atoms with Crippen molar-refractivity contribution in [3.05, 3.63) is 16.6 Å². The molecular weight excluding hydrogens is 204 g/mol. The van der Waals surface area contributed by atoms with Gasteiger partial charge in [-0.2, -0.15) is 0 Å². The molecule has 1 heterocycles. The van der Waals surface area contributed by atoms with Gasteiger partial charge in [-0.25, -0.2) is 0 Å². The van der Waals surface area contributed by atoms with E-state index in [9.17, 15) is 0 Å². The molecule has 0 amide bonds. The van der Waals surface area contributed by atoms with Crippen molar-refractivity contribution >= 4 is 11.3 Å².